The highest BCUT2D eigenvalue weighted by Gasteiger charge is 2.29. The minimum Gasteiger partial charge on any atom is -0.483 e. The SMILES string of the molecule is [2H]C([2H])([2H])NC(=O)c1ccc(O[C@H]2CN[C@@H]2C)c(F)n1. The third-order valence-corrected chi connectivity index (χ3v) is 2.64. The van der Waals surface area contributed by atoms with Crippen LogP contribution in [-0.4, -0.2) is 36.6 Å². The van der Waals surface area contributed by atoms with Gasteiger partial charge in [-0.3, -0.25) is 4.79 Å². The Morgan fingerprint density at radius 1 is 1.76 bits per heavy atom. The van der Waals surface area contributed by atoms with Gasteiger partial charge in [0.05, 0.1) is 0 Å². The first-order valence-electron chi connectivity index (χ1n) is 6.65. The van der Waals surface area contributed by atoms with Gasteiger partial charge in [0, 0.05) is 23.7 Å². The Labute approximate surface area is 103 Å². The van der Waals surface area contributed by atoms with Crippen LogP contribution in [-0.2, 0) is 0 Å². The van der Waals surface area contributed by atoms with Gasteiger partial charge in [-0.15, -0.1) is 0 Å². The van der Waals surface area contributed by atoms with Crippen LogP contribution in [0, 0.1) is 5.95 Å². The number of ether oxygens (including phenoxy) is 1. The Morgan fingerprint density at radius 3 is 3.12 bits per heavy atom. The predicted molar refractivity (Wildman–Crippen MR) is 59.5 cm³/mol. The molecule has 1 aromatic heterocycles. The van der Waals surface area contributed by atoms with Gasteiger partial charge in [-0.2, -0.15) is 4.39 Å². The highest BCUT2D eigenvalue weighted by molar-refractivity contribution is 5.92. The molecular formula is C11H14FN3O2. The zero-order valence-electron chi connectivity index (χ0n) is 12.2. The third-order valence-electron chi connectivity index (χ3n) is 2.64. The number of aromatic nitrogens is 1. The van der Waals surface area contributed by atoms with Gasteiger partial charge in [0.25, 0.3) is 11.9 Å². The fraction of sp³-hybridized carbons (Fsp3) is 0.455. The van der Waals surface area contributed by atoms with E-state index in [1.165, 1.54) is 12.1 Å². The summed E-state index contributed by atoms with van der Waals surface area (Å²) in [4.78, 5) is 14.9. The summed E-state index contributed by atoms with van der Waals surface area (Å²) in [6.07, 6.45) is -0.145. The fourth-order valence-corrected chi connectivity index (χ4v) is 1.46. The van der Waals surface area contributed by atoms with Crippen molar-refractivity contribution in [3.8, 4) is 5.75 Å². The predicted octanol–water partition coefficient (Wildman–Crippen LogP) is 0.319. The van der Waals surface area contributed by atoms with Crippen molar-refractivity contribution in [1.29, 1.82) is 0 Å². The quantitative estimate of drug-likeness (QED) is 0.749. The lowest BCUT2D eigenvalue weighted by molar-refractivity contribution is 0.0879. The number of amides is 1. The van der Waals surface area contributed by atoms with Crippen LogP contribution in [0.1, 0.15) is 21.5 Å². The summed E-state index contributed by atoms with van der Waals surface area (Å²) in [5.74, 6) is -1.97. The van der Waals surface area contributed by atoms with Gasteiger partial charge in [-0.05, 0) is 19.1 Å². The lowest BCUT2D eigenvalue weighted by Gasteiger charge is -2.35. The molecule has 1 amide bonds. The number of hydrogen-bond acceptors (Lipinski definition) is 4. The molecule has 0 saturated carbocycles. The van der Waals surface area contributed by atoms with E-state index in [9.17, 15) is 9.18 Å². The number of nitrogens with one attached hydrogen (secondary N) is 2. The van der Waals surface area contributed by atoms with Crippen LogP contribution in [0.2, 0.25) is 0 Å². The number of carbonyl (C=O) groups is 1. The molecule has 1 saturated heterocycles. The zero-order valence-corrected chi connectivity index (χ0v) is 9.16. The van der Waals surface area contributed by atoms with E-state index in [0.29, 0.717) is 6.54 Å². The monoisotopic (exact) mass is 242 g/mol. The zero-order chi connectivity index (χ0) is 14.9. The first-order valence-corrected chi connectivity index (χ1v) is 5.15. The number of nitrogens with zero attached hydrogens (tertiary/aromatic N) is 1. The topological polar surface area (TPSA) is 63.2 Å². The van der Waals surface area contributed by atoms with Crippen molar-refractivity contribution < 1.29 is 18.0 Å². The van der Waals surface area contributed by atoms with Gasteiger partial charge < -0.3 is 15.4 Å². The Morgan fingerprint density at radius 2 is 2.59 bits per heavy atom. The minimum atomic E-state index is -2.64. The maximum absolute atomic E-state index is 13.7. The highest BCUT2D eigenvalue weighted by atomic mass is 19.1. The van der Waals surface area contributed by atoms with Crippen LogP contribution in [0.3, 0.4) is 0 Å². The van der Waals surface area contributed by atoms with Crippen LogP contribution in [0.15, 0.2) is 12.1 Å². The number of halogens is 1. The molecule has 1 aliphatic rings. The second kappa shape index (κ2) is 4.67. The van der Waals surface area contributed by atoms with Crippen molar-refractivity contribution in [1.82, 2.24) is 15.6 Å². The number of rotatable bonds is 3. The molecule has 2 atom stereocenters. The molecule has 1 aromatic rings. The summed E-state index contributed by atoms with van der Waals surface area (Å²) in [5, 5.41) is 4.79. The molecule has 2 N–H and O–H groups in total. The van der Waals surface area contributed by atoms with Crippen LogP contribution in [0.5, 0.6) is 5.75 Å². The number of carbonyl (C=O) groups excluding carboxylic acids is 1. The van der Waals surface area contributed by atoms with Crippen molar-refractivity contribution in [3.63, 3.8) is 0 Å². The molecule has 0 spiro atoms. The van der Waals surface area contributed by atoms with Crippen LogP contribution >= 0.6 is 0 Å². The van der Waals surface area contributed by atoms with Gasteiger partial charge in [0.15, 0.2) is 5.75 Å². The molecule has 92 valence electrons. The molecular weight excluding hydrogens is 225 g/mol. The van der Waals surface area contributed by atoms with E-state index >= 15 is 0 Å². The molecule has 0 aromatic carbocycles. The molecule has 1 aliphatic heterocycles. The van der Waals surface area contributed by atoms with E-state index in [4.69, 9.17) is 8.85 Å². The largest absolute Gasteiger partial charge is 0.483 e. The smallest absolute Gasteiger partial charge is 0.269 e. The fourth-order valence-electron chi connectivity index (χ4n) is 1.46. The normalized spacial score (nSPS) is 26.1. The van der Waals surface area contributed by atoms with E-state index in [-0.39, 0.29) is 23.6 Å². The van der Waals surface area contributed by atoms with Crippen molar-refractivity contribution in [2.75, 3.05) is 13.5 Å². The summed E-state index contributed by atoms with van der Waals surface area (Å²) >= 11 is 0. The van der Waals surface area contributed by atoms with Gasteiger partial charge in [0.2, 0.25) is 0 Å². The van der Waals surface area contributed by atoms with Crippen molar-refractivity contribution in [2.45, 2.75) is 19.1 Å². The van der Waals surface area contributed by atoms with E-state index in [1.54, 1.807) is 5.32 Å². The Hall–Kier alpha value is -1.69. The Bertz CT molecular complexity index is 524. The average Bonchev–Trinajstić information content (AvgIpc) is 2.33. The van der Waals surface area contributed by atoms with Gasteiger partial charge >= 0.3 is 0 Å². The van der Waals surface area contributed by atoms with E-state index < -0.39 is 18.8 Å². The first-order chi connectivity index (χ1) is 9.26. The van der Waals surface area contributed by atoms with Crippen LogP contribution < -0.4 is 15.4 Å². The molecule has 0 unspecified atom stereocenters. The van der Waals surface area contributed by atoms with E-state index in [2.05, 4.69) is 10.3 Å². The minimum absolute atomic E-state index is 0.0613. The van der Waals surface area contributed by atoms with Crippen LogP contribution in [0.25, 0.3) is 0 Å². The second-order valence-electron chi connectivity index (χ2n) is 3.79. The summed E-state index contributed by atoms with van der Waals surface area (Å²) in [6.45, 7) is -0.128. The van der Waals surface area contributed by atoms with Crippen LogP contribution in [0.4, 0.5) is 4.39 Å². The molecule has 6 heteroatoms. The summed E-state index contributed by atoms with van der Waals surface area (Å²) in [7, 11) is 0. The Kier molecular flexibility index (Phi) is 2.31. The molecule has 1 fully saturated rings. The lowest BCUT2D eigenvalue weighted by Crippen LogP contribution is -2.58. The van der Waals surface area contributed by atoms with E-state index in [0.717, 1.165) is 0 Å². The molecule has 0 aliphatic carbocycles. The number of pyridine rings is 1. The third kappa shape index (κ3) is 2.36. The maximum Gasteiger partial charge on any atom is 0.269 e. The van der Waals surface area contributed by atoms with Crippen molar-refractivity contribution >= 4 is 5.91 Å². The molecule has 5 nitrogen and oxygen atoms in total. The highest BCUT2D eigenvalue weighted by Crippen LogP contribution is 2.19. The first kappa shape index (κ1) is 8.41. The summed E-state index contributed by atoms with van der Waals surface area (Å²) < 4.78 is 39.8. The van der Waals surface area contributed by atoms with E-state index in [1.807, 2.05) is 6.92 Å². The average molecular weight is 242 g/mol. The standard InChI is InChI=1S/C11H14FN3O2/c1-6-9(5-14-6)17-8-4-3-7(11(16)13-2)15-10(8)12/h3-4,6,9,14H,5H2,1-2H3,(H,13,16)/t6-,9+/m1/s1/i2D3. The molecule has 0 radical (unpaired) electrons. The summed E-state index contributed by atoms with van der Waals surface area (Å²) in [6, 6.07) is 2.60. The molecule has 17 heavy (non-hydrogen) atoms. The van der Waals surface area contributed by atoms with Crippen molar-refractivity contribution in [2.24, 2.45) is 0 Å². The van der Waals surface area contributed by atoms with Crippen molar-refractivity contribution in [3.05, 3.63) is 23.8 Å². The van der Waals surface area contributed by atoms with Gasteiger partial charge in [-0.25, -0.2) is 4.98 Å². The van der Waals surface area contributed by atoms with Gasteiger partial charge in [-0.1, -0.05) is 0 Å². The number of hydrogen-bond donors (Lipinski definition) is 2. The lowest BCUT2D eigenvalue weighted by atomic mass is 10.1. The Balaban J connectivity index is 2.07. The van der Waals surface area contributed by atoms with Gasteiger partial charge in [0.1, 0.15) is 11.8 Å². The molecule has 2 heterocycles. The second-order valence-corrected chi connectivity index (χ2v) is 3.79. The molecule has 2 rings (SSSR count). The summed E-state index contributed by atoms with van der Waals surface area (Å²) in [5.41, 5.74) is -0.314. The molecule has 0 bridgehead atoms. The maximum atomic E-state index is 13.7.